The van der Waals surface area contributed by atoms with Crippen LogP contribution in [0.3, 0.4) is 0 Å². The number of benzene rings is 3. The third-order valence-corrected chi connectivity index (χ3v) is 12.9. The van der Waals surface area contributed by atoms with E-state index in [1.54, 1.807) is 54.6 Å². The molecule has 6 rings (SSSR count). The first kappa shape index (κ1) is 30.0. The number of carbonyl (C=O) groups excluding carboxylic acids is 2. The molecular formula is C33H34Cl2N2O5S. The van der Waals surface area contributed by atoms with Crippen molar-refractivity contribution in [2.24, 2.45) is 17.6 Å². The van der Waals surface area contributed by atoms with Crippen molar-refractivity contribution in [2.45, 2.75) is 67.2 Å². The van der Waals surface area contributed by atoms with Crippen LogP contribution in [0.1, 0.15) is 55.2 Å². The van der Waals surface area contributed by atoms with Gasteiger partial charge in [0.15, 0.2) is 9.84 Å². The van der Waals surface area contributed by atoms with E-state index in [1.165, 1.54) is 0 Å². The van der Waals surface area contributed by atoms with Crippen LogP contribution in [0.25, 0.3) is 0 Å². The van der Waals surface area contributed by atoms with Crippen LogP contribution in [0.2, 0.25) is 10.0 Å². The van der Waals surface area contributed by atoms with Gasteiger partial charge < -0.3 is 15.4 Å². The minimum Gasteiger partial charge on any atom is -0.489 e. The topological polar surface area (TPSA) is 107 Å². The molecule has 1 saturated heterocycles. The van der Waals surface area contributed by atoms with Gasteiger partial charge in [-0.1, -0.05) is 53.5 Å². The minimum absolute atomic E-state index is 0.0157. The lowest BCUT2D eigenvalue weighted by molar-refractivity contribution is -0.139. The van der Waals surface area contributed by atoms with Crippen LogP contribution in [0.5, 0.6) is 5.75 Å². The highest BCUT2D eigenvalue weighted by molar-refractivity contribution is 7.92. The predicted molar refractivity (Wildman–Crippen MR) is 166 cm³/mol. The Labute approximate surface area is 262 Å². The summed E-state index contributed by atoms with van der Waals surface area (Å²) in [7, 11) is -3.90. The molecule has 2 atom stereocenters. The Hall–Kier alpha value is -3.07. The van der Waals surface area contributed by atoms with Gasteiger partial charge in [-0.05, 0) is 92.5 Å². The van der Waals surface area contributed by atoms with Gasteiger partial charge in [-0.3, -0.25) is 9.59 Å². The van der Waals surface area contributed by atoms with Gasteiger partial charge in [0.05, 0.1) is 10.9 Å². The zero-order valence-electron chi connectivity index (χ0n) is 23.7. The summed E-state index contributed by atoms with van der Waals surface area (Å²) in [4.78, 5) is 27.7. The number of aryl methyl sites for hydroxylation is 1. The Kier molecular flexibility index (Phi) is 8.22. The lowest BCUT2D eigenvalue weighted by Gasteiger charge is -2.43. The number of nitrogens with zero attached hydrogens (tertiary/aromatic N) is 1. The lowest BCUT2D eigenvalue weighted by Crippen LogP contribution is -2.53. The number of likely N-dealkylation sites (tertiary alicyclic amines) is 1. The SMILES string of the molecule is NC(=O)C1CCC(C(=O)N2CC[C@@]3(S(=O)(=O)c4ccccc4)c4ccc(OCc5c(Cl)cccc5Cl)cc4CC[C@@H]23)CC1. The number of amides is 2. The number of nitrogens with two attached hydrogens (primary N) is 1. The standard InChI is InChI=1S/C33H34Cl2N2O5S/c34-28-7-4-8-29(35)26(28)20-42-24-14-15-27-23(19-24)13-16-30-33(27,43(40,41)25-5-2-1-3-6-25)17-18-37(30)32(39)22-11-9-21(10-12-22)31(36)38/h1-8,14-15,19,21-22,30H,9-13,16-18,20H2,(H2,36,38)/t21?,22?,30-,33-/m1/s1. The van der Waals surface area contributed by atoms with Crippen molar-refractivity contribution in [3.63, 3.8) is 0 Å². The minimum atomic E-state index is -3.90. The molecule has 2 amide bonds. The first-order valence-electron chi connectivity index (χ1n) is 14.7. The van der Waals surface area contributed by atoms with Crippen LogP contribution in [-0.2, 0) is 37.2 Å². The highest BCUT2D eigenvalue weighted by Crippen LogP contribution is 2.53. The van der Waals surface area contributed by atoms with Crippen LogP contribution in [0, 0.1) is 11.8 Å². The predicted octanol–water partition coefficient (Wildman–Crippen LogP) is 6.08. The van der Waals surface area contributed by atoms with Crippen LogP contribution in [-0.4, -0.2) is 37.7 Å². The van der Waals surface area contributed by atoms with E-state index in [2.05, 4.69) is 0 Å². The summed E-state index contributed by atoms with van der Waals surface area (Å²) in [5.41, 5.74) is 7.82. The van der Waals surface area contributed by atoms with E-state index in [4.69, 9.17) is 33.7 Å². The summed E-state index contributed by atoms with van der Waals surface area (Å²) >= 11 is 12.7. The van der Waals surface area contributed by atoms with Gasteiger partial charge >= 0.3 is 0 Å². The molecule has 1 heterocycles. The number of halogens is 2. The summed E-state index contributed by atoms with van der Waals surface area (Å²) in [6, 6.07) is 18.9. The number of ether oxygens (including phenoxy) is 1. The van der Waals surface area contributed by atoms with Crippen LogP contribution >= 0.6 is 23.2 Å². The molecule has 7 nitrogen and oxygen atoms in total. The summed E-state index contributed by atoms with van der Waals surface area (Å²) < 4.78 is 34.1. The first-order chi connectivity index (χ1) is 20.6. The molecule has 0 radical (unpaired) electrons. The zero-order valence-corrected chi connectivity index (χ0v) is 26.0. The molecule has 2 N–H and O–H groups in total. The Morgan fingerprint density at radius 1 is 0.907 bits per heavy atom. The second-order valence-electron chi connectivity index (χ2n) is 11.8. The van der Waals surface area contributed by atoms with E-state index in [-0.39, 0.29) is 35.2 Å². The van der Waals surface area contributed by atoms with E-state index in [0.717, 1.165) is 11.1 Å². The molecule has 2 aliphatic carbocycles. The fourth-order valence-corrected chi connectivity index (χ4v) is 10.2. The second-order valence-corrected chi connectivity index (χ2v) is 14.8. The molecule has 0 aromatic heterocycles. The second kappa shape index (κ2) is 11.8. The quantitative estimate of drug-likeness (QED) is 0.337. The van der Waals surface area contributed by atoms with Crippen LogP contribution in [0.4, 0.5) is 0 Å². The fourth-order valence-electron chi connectivity index (χ4n) is 7.35. The number of hydrogen-bond donors (Lipinski definition) is 1. The maximum absolute atomic E-state index is 14.6. The number of fused-ring (bicyclic) bond motifs is 3. The van der Waals surface area contributed by atoms with Crippen molar-refractivity contribution >= 4 is 44.9 Å². The third-order valence-electron chi connectivity index (χ3n) is 9.60. The van der Waals surface area contributed by atoms with Crippen molar-refractivity contribution in [3.8, 4) is 5.75 Å². The normalized spacial score (nSPS) is 25.1. The molecule has 2 fully saturated rings. The Balaban J connectivity index is 1.34. The molecule has 1 aliphatic heterocycles. The number of primary amides is 1. The first-order valence-corrected chi connectivity index (χ1v) is 17.0. The molecule has 3 aliphatic rings. The monoisotopic (exact) mass is 640 g/mol. The number of rotatable bonds is 7. The number of hydrogen-bond acceptors (Lipinski definition) is 5. The summed E-state index contributed by atoms with van der Waals surface area (Å²) in [5.74, 6) is -0.176. The molecule has 226 valence electrons. The van der Waals surface area contributed by atoms with Crippen molar-refractivity contribution in [3.05, 3.63) is 93.5 Å². The van der Waals surface area contributed by atoms with E-state index in [9.17, 15) is 18.0 Å². The number of sulfone groups is 1. The molecule has 0 bridgehead atoms. The molecule has 3 aromatic rings. The summed E-state index contributed by atoms with van der Waals surface area (Å²) in [6.07, 6.45) is 3.77. The smallest absolute Gasteiger partial charge is 0.225 e. The Morgan fingerprint density at radius 3 is 2.26 bits per heavy atom. The zero-order chi connectivity index (χ0) is 30.4. The largest absolute Gasteiger partial charge is 0.489 e. The van der Waals surface area contributed by atoms with Crippen molar-refractivity contribution in [1.82, 2.24) is 4.90 Å². The third kappa shape index (κ3) is 5.21. The average Bonchev–Trinajstić information content (AvgIpc) is 3.42. The van der Waals surface area contributed by atoms with Crippen molar-refractivity contribution in [1.29, 1.82) is 0 Å². The van der Waals surface area contributed by atoms with E-state index in [0.29, 0.717) is 72.8 Å². The number of carbonyl (C=O) groups is 2. The van der Waals surface area contributed by atoms with Gasteiger partial charge in [0.2, 0.25) is 11.8 Å². The maximum atomic E-state index is 14.6. The Morgan fingerprint density at radius 2 is 1.58 bits per heavy atom. The molecule has 0 unspecified atom stereocenters. The van der Waals surface area contributed by atoms with E-state index < -0.39 is 20.6 Å². The van der Waals surface area contributed by atoms with Crippen molar-refractivity contribution in [2.75, 3.05) is 6.54 Å². The van der Waals surface area contributed by atoms with E-state index >= 15 is 0 Å². The highest BCUT2D eigenvalue weighted by Gasteiger charge is 2.61. The molecular weight excluding hydrogens is 607 g/mol. The van der Waals surface area contributed by atoms with Gasteiger partial charge in [-0.25, -0.2) is 8.42 Å². The lowest BCUT2D eigenvalue weighted by atomic mass is 9.77. The molecule has 43 heavy (non-hydrogen) atoms. The fraction of sp³-hybridized carbons (Fsp3) is 0.394. The molecule has 0 spiro atoms. The maximum Gasteiger partial charge on any atom is 0.225 e. The highest BCUT2D eigenvalue weighted by atomic mass is 35.5. The van der Waals surface area contributed by atoms with Crippen LogP contribution < -0.4 is 10.5 Å². The summed E-state index contributed by atoms with van der Waals surface area (Å²) in [6.45, 7) is 0.529. The van der Waals surface area contributed by atoms with Gasteiger partial charge in [-0.15, -0.1) is 0 Å². The summed E-state index contributed by atoms with van der Waals surface area (Å²) in [5, 5.41) is 1.03. The van der Waals surface area contributed by atoms with Gasteiger partial charge in [0, 0.05) is 34.0 Å². The van der Waals surface area contributed by atoms with Gasteiger partial charge in [0.25, 0.3) is 0 Å². The van der Waals surface area contributed by atoms with E-state index in [1.807, 2.05) is 17.0 Å². The van der Waals surface area contributed by atoms with Gasteiger partial charge in [0.1, 0.15) is 17.1 Å². The van der Waals surface area contributed by atoms with Crippen LogP contribution in [0.15, 0.2) is 71.6 Å². The van der Waals surface area contributed by atoms with Gasteiger partial charge in [-0.2, -0.15) is 0 Å². The molecule has 1 saturated carbocycles. The van der Waals surface area contributed by atoms with Crippen molar-refractivity contribution < 1.29 is 22.7 Å². The Bertz CT molecular complexity index is 1640. The molecule has 3 aromatic carbocycles. The molecule has 10 heteroatoms. The average molecular weight is 642 g/mol.